The van der Waals surface area contributed by atoms with Crippen molar-refractivity contribution in [3.63, 3.8) is 0 Å². The van der Waals surface area contributed by atoms with E-state index in [-0.39, 0.29) is 30.0 Å². The van der Waals surface area contributed by atoms with Crippen molar-refractivity contribution >= 4 is 33.8 Å². The largest absolute Gasteiger partial charge is 0.389 e. The Hall–Kier alpha value is -3.35. The maximum absolute atomic E-state index is 12.1. The second-order valence-electron chi connectivity index (χ2n) is 8.30. The average Bonchev–Trinajstić information content (AvgIpc) is 3.31. The molecule has 3 aromatic carbocycles. The Bertz CT molecular complexity index is 1320. The van der Waals surface area contributed by atoms with E-state index in [0.717, 1.165) is 55.5 Å². The molecule has 2 amide bonds. The van der Waals surface area contributed by atoms with Crippen LogP contribution in [-0.4, -0.2) is 44.1 Å². The summed E-state index contributed by atoms with van der Waals surface area (Å²) in [5, 5.41) is 11.8. The van der Waals surface area contributed by atoms with Crippen LogP contribution >= 0.6 is 11.8 Å². The number of fused-ring (bicyclic) bond motifs is 1. The molecule has 1 N–H and O–H groups in total. The van der Waals surface area contributed by atoms with Crippen LogP contribution in [0.4, 0.5) is 4.79 Å². The summed E-state index contributed by atoms with van der Waals surface area (Å²) in [7, 11) is 0. The van der Waals surface area contributed by atoms with Gasteiger partial charge in [0.2, 0.25) is 5.91 Å². The van der Waals surface area contributed by atoms with Crippen LogP contribution in [0.25, 0.3) is 33.3 Å². The number of hydrogen-bond donors (Lipinski definition) is 1. The van der Waals surface area contributed by atoms with Crippen molar-refractivity contribution in [2.45, 2.75) is 19.6 Å². The molecule has 6 heteroatoms. The van der Waals surface area contributed by atoms with E-state index in [0.29, 0.717) is 0 Å². The number of hydrogen-bond acceptors (Lipinski definition) is 4. The van der Waals surface area contributed by atoms with E-state index in [4.69, 9.17) is 0 Å². The Kier molecular flexibility index (Phi) is 5.79. The van der Waals surface area contributed by atoms with Crippen LogP contribution in [0.15, 0.2) is 78.9 Å². The molecule has 0 saturated carbocycles. The van der Waals surface area contributed by atoms with E-state index in [1.807, 2.05) is 36.4 Å². The van der Waals surface area contributed by atoms with Crippen LogP contribution in [0, 0.1) is 6.92 Å². The van der Waals surface area contributed by atoms with Crippen molar-refractivity contribution in [1.82, 2.24) is 9.47 Å². The van der Waals surface area contributed by atoms with Crippen molar-refractivity contribution in [1.29, 1.82) is 0 Å². The van der Waals surface area contributed by atoms with Crippen LogP contribution < -0.4 is 0 Å². The van der Waals surface area contributed by atoms with Gasteiger partial charge in [-0.25, -0.2) is 0 Å². The highest BCUT2D eigenvalue weighted by Crippen LogP contribution is 2.41. The molecule has 1 aliphatic heterocycles. The molecule has 1 unspecified atom stereocenters. The Morgan fingerprint density at radius 1 is 0.909 bits per heavy atom. The number of aromatic nitrogens is 1. The van der Waals surface area contributed by atoms with Gasteiger partial charge in [-0.05, 0) is 30.2 Å². The van der Waals surface area contributed by atoms with Gasteiger partial charge in [0.15, 0.2) is 0 Å². The normalized spacial score (nSPS) is 14.9. The number of amides is 2. The minimum absolute atomic E-state index is 0.00883. The van der Waals surface area contributed by atoms with Gasteiger partial charge in [0, 0.05) is 16.5 Å². The smallest absolute Gasteiger partial charge is 0.288 e. The molecular formula is C27H24N2O3S. The molecule has 0 spiro atoms. The minimum Gasteiger partial charge on any atom is -0.389 e. The number of rotatable bonds is 6. The van der Waals surface area contributed by atoms with Crippen molar-refractivity contribution < 1.29 is 14.7 Å². The summed E-state index contributed by atoms with van der Waals surface area (Å²) in [5.41, 5.74) is 6.42. The molecule has 1 saturated heterocycles. The maximum atomic E-state index is 12.1. The molecule has 1 aromatic heterocycles. The van der Waals surface area contributed by atoms with Gasteiger partial charge < -0.3 is 9.67 Å². The molecule has 0 bridgehead atoms. The zero-order valence-corrected chi connectivity index (χ0v) is 19.1. The molecule has 4 aromatic rings. The van der Waals surface area contributed by atoms with Crippen molar-refractivity contribution in [2.24, 2.45) is 0 Å². The second kappa shape index (κ2) is 8.89. The molecule has 166 valence electrons. The van der Waals surface area contributed by atoms with Gasteiger partial charge in [-0.15, -0.1) is 0 Å². The highest BCUT2D eigenvalue weighted by molar-refractivity contribution is 8.14. The van der Waals surface area contributed by atoms with Crippen molar-refractivity contribution in [2.75, 3.05) is 12.3 Å². The molecule has 33 heavy (non-hydrogen) atoms. The number of imide groups is 1. The standard InChI is InChI=1S/C27H24N2O3S/c1-18-12-13-23-22(14-18)25(19-8-4-2-5-9-19)26(20-10-6-3-7-11-20)28(23)15-21(30)16-29-24(31)17-33-27(29)32/h2-14,21,30H,15-17H2,1H3. The number of aliphatic hydroxyl groups excluding tert-OH is 1. The van der Waals surface area contributed by atoms with E-state index < -0.39 is 6.10 Å². The Morgan fingerprint density at radius 3 is 2.21 bits per heavy atom. The minimum atomic E-state index is -0.889. The summed E-state index contributed by atoms with van der Waals surface area (Å²) in [5.74, 6) is -0.102. The summed E-state index contributed by atoms with van der Waals surface area (Å²) >= 11 is 0.987. The first kappa shape index (κ1) is 21.5. The van der Waals surface area contributed by atoms with Crippen LogP contribution in [0.1, 0.15) is 5.56 Å². The van der Waals surface area contributed by atoms with Crippen LogP contribution in [0.5, 0.6) is 0 Å². The number of carbonyl (C=O) groups is 2. The van der Waals surface area contributed by atoms with E-state index in [1.54, 1.807) is 0 Å². The van der Waals surface area contributed by atoms with Crippen LogP contribution in [-0.2, 0) is 11.3 Å². The predicted octanol–water partition coefficient (Wildman–Crippen LogP) is 5.34. The van der Waals surface area contributed by atoms with Gasteiger partial charge in [0.1, 0.15) is 0 Å². The molecule has 1 atom stereocenters. The van der Waals surface area contributed by atoms with Crippen LogP contribution in [0.2, 0.25) is 0 Å². The molecular weight excluding hydrogens is 432 g/mol. The first-order valence-corrected chi connectivity index (χ1v) is 11.9. The molecule has 1 fully saturated rings. The molecule has 1 aliphatic rings. The average molecular weight is 457 g/mol. The van der Waals surface area contributed by atoms with E-state index >= 15 is 0 Å². The first-order chi connectivity index (χ1) is 16.0. The lowest BCUT2D eigenvalue weighted by molar-refractivity contribution is -0.125. The zero-order chi connectivity index (χ0) is 22.9. The Morgan fingerprint density at radius 2 is 1.58 bits per heavy atom. The lowest BCUT2D eigenvalue weighted by Gasteiger charge is -2.20. The molecule has 2 heterocycles. The van der Waals surface area contributed by atoms with Crippen molar-refractivity contribution in [3.05, 3.63) is 84.4 Å². The first-order valence-electron chi connectivity index (χ1n) is 10.9. The molecule has 0 radical (unpaired) electrons. The van der Waals surface area contributed by atoms with E-state index in [2.05, 4.69) is 54.0 Å². The van der Waals surface area contributed by atoms with Gasteiger partial charge in [0.05, 0.1) is 30.6 Å². The predicted molar refractivity (Wildman–Crippen MR) is 133 cm³/mol. The monoisotopic (exact) mass is 456 g/mol. The number of carbonyl (C=O) groups excluding carboxylic acids is 2. The Balaban J connectivity index is 1.68. The van der Waals surface area contributed by atoms with Crippen LogP contribution in [0.3, 0.4) is 0 Å². The molecule has 5 nitrogen and oxygen atoms in total. The quantitative estimate of drug-likeness (QED) is 0.425. The number of aryl methyl sites for hydroxylation is 1. The number of β-amino-alcohol motifs (C(OH)–C–C–N with tert-alkyl or cyclic N) is 1. The van der Waals surface area contributed by atoms with Gasteiger partial charge in [-0.3, -0.25) is 14.5 Å². The van der Waals surface area contributed by atoms with E-state index in [1.165, 1.54) is 0 Å². The topological polar surface area (TPSA) is 62.5 Å². The lowest BCUT2D eigenvalue weighted by Crippen LogP contribution is -2.37. The zero-order valence-electron chi connectivity index (χ0n) is 18.3. The van der Waals surface area contributed by atoms with Gasteiger partial charge in [-0.2, -0.15) is 0 Å². The molecule has 5 rings (SSSR count). The number of thioether (sulfide) groups is 1. The lowest BCUT2D eigenvalue weighted by atomic mass is 9.98. The molecule has 0 aliphatic carbocycles. The highest BCUT2D eigenvalue weighted by Gasteiger charge is 2.32. The summed E-state index contributed by atoms with van der Waals surface area (Å²) in [6.45, 7) is 2.33. The third kappa shape index (κ3) is 4.08. The summed E-state index contributed by atoms with van der Waals surface area (Å²) in [6, 6.07) is 26.7. The summed E-state index contributed by atoms with van der Waals surface area (Å²) in [6.07, 6.45) is -0.889. The maximum Gasteiger partial charge on any atom is 0.288 e. The SMILES string of the molecule is Cc1ccc2c(c1)c(-c1ccccc1)c(-c1ccccc1)n2CC(O)CN1C(=O)CSC1=O. The fraction of sp³-hybridized carbons (Fsp3) is 0.185. The number of nitrogens with zero attached hydrogens (tertiary/aromatic N) is 2. The fourth-order valence-electron chi connectivity index (χ4n) is 4.49. The number of benzene rings is 3. The second-order valence-corrected chi connectivity index (χ2v) is 9.23. The van der Waals surface area contributed by atoms with Crippen molar-refractivity contribution in [3.8, 4) is 22.4 Å². The fourth-order valence-corrected chi connectivity index (χ4v) is 5.22. The van der Waals surface area contributed by atoms with Gasteiger partial charge in [0.25, 0.3) is 5.24 Å². The van der Waals surface area contributed by atoms with E-state index in [9.17, 15) is 14.7 Å². The highest BCUT2D eigenvalue weighted by atomic mass is 32.2. The number of aliphatic hydroxyl groups is 1. The summed E-state index contributed by atoms with van der Waals surface area (Å²) < 4.78 is 2.12. The van der Waals surface area contributed by atoms with Gasteiger partial charge in [-0.1, -0.05) is 84.1 Å². The third-order valence-corrected chi connectivity index (χ3v) is 6.81. The Labute approximate surface area is 196 Å². The van der Waals surface area contributed by atoms with Gasteiger partial charge >= 0.3 is 0 Å². The third-order valence-electron chi connectivity index (χ3n) is 5.96. The summed E-state index contributed by atoms with van der Waals surface area (Å²) in [4.78, 5) is 25.3.